The minimum atomic E-state index is 0.0266. The van der Waals surface area contributed by atoms with Gasteiger partial charge in [0, 0.05) is 106 Å². The SMILES string of the molecule is C=C/C(=C\C=C\c1cccc2ccccc2n(-c2ccccc2)cc1)N(C1=CC=C(C2=CC=CCC2)CC1)c1ccc2c(c1)c1cccc3c4ccccc4n2c31.CC1(C)c2ccccc2C2=CC=C(N(c3ccc4c(c3)c3ccccc3n4-c3ccccc3)c3ccc4c(c3)c3cccc5c6ccccc6n4c53)CC21. The largest absolute Gasteiger partial charge is 0.317 e. The number of hydrogen-bond acceptors (Lipinski definition) is 2. The maximum atomic E-state index is 4.37. The van der Waals surface area contributed by atoms with E-state index in [1.165, 1.54) is 154 Å². The summed E-state index contributed by atoms with van der Waals surface area (Å²) in [5.41, 5.74) is 28.9. The fraction of sp³-hybridized carbons (Fsp3) is 0.0857. The molecule has 0 bridgehead atoms. The van der Waals surface area contributed by atoms with Gasteiger partial charge < -0.3 is 27.7 Å². The van der Waals surface area contributed by atoms with Crippen LogP contribution in [0.5, 0.6) is 0 Å². The van der Waals surface area contributed by atoms with Crippen LogP contribution in [0, 0.1) is 5.92 Å². The van der Waals surface area contributed by atoms with Gasteiger partial charge >= 0.3 is 0 Å². The van der Waals surface area contributed by atoms with Crippen molar-refractivity contribution in [2.75, 3.05) is 9.80 Å². The maximum Gasteiger partial charge on any atom is 0.0620 e. The summed E-state index contributed by atoms with van der Waals surface area (Å²) < 4.78 is 9.58. The molecular formula is C105H80N6. The van der Waals surface area contributed by atoms with Crippen LogP contribution in [0.2, 0.25) is 0 Å². The van der Waals surface area contributed by atoms with Crippen LogP contribution in [0.4, 0.5) is 17.1 Å². The normalized spacial score (nSPS) is 15.6. The Bertz CT molecular complexity index is 7170. The Balaban J connectivity index is 0.000000141. The molecule has 4 aliphatic rings. The van der Waals surface area contributed by atoms with Gasteiger partial charge in [-0.1, -0.05) is 251 Å². The van der Waals surface area contributed by atoms with E-state index >= 15 is 0 Å². The average molecular weight is 1430 g/mol. The standard InChI is InChI=1S/C54H43N3.C51H37N3/c1-2-43(24-14-17-39-16-13-21-42-20-9-11-28-51(42)55(37-36-39)44-22-7-4-8-23-44)56(45-32-30-41(31-33-45)40-18-5-3-6-19-40)46-34-35-53-50(38-46)49-27-15-26-48-47-25-10-12-29-52(47)57(53)54(48)49;1-51(2)44-20-9-6-15-36(44)37-26-23-35(31-45(37)51)52(33-24-27-48-42(29-33)39-17-8-10-21-46(39)53(48)32-13-4-3-5-14-32)34-25-28-49-43(30-34)41-19-12-18-40-38-16-7-11-22-47(38)54(49)50(40)41/h2-5,7-18,20-30,32,34-38H,1,6,19,31,33H2;3-30,45H,31H2,1-2H3/b17-14+,21-13?,37-36?,39-16?,43-24+;. The van der Waals surface area contributed by atoms with E-state index < -0.39 is 0 Å². The van der Waals surface area contributed by atoms with E-state index in [2.05, 4.69) is 412 Å². The Hall–Kier alpha value is -13.7. The van der Waals surface area contributed by atoms with Crippen molar-refractivity contribution in [3.05, 3.63) is 416 Å². The van der Waals surface area contributed by atoms with E-state index in [-0.39, 0.29) is 5.41 Å². The van der Waals surface area contributed by atoms with Crippen LogP contribution in [-0.4, -0.2) is 17.9 Å². The van der Waals surface area contributed by atoms with E-state index in [9.17, 15) is 0 Å². The third-order valence-corrected chi connectivity index (χ3v) is 24.3. The molecule has 0 saturated carbocycles. The molecule has 530 valence electrons. The van der Waals surface area contributed by atoms with Crippen LogP contribution >= 0.6 is 0 Å². The first-order chi connectivity index (χ1) is 54.8. The van der Waals surface area contributed by atoms with E-state index in [0.717, 1.165) is 65.6 Å². The van der Waals surface area contributed by atoms with E-state index in [1.54, 1.807) is 0 Å². The first-order valence-corrected chi connectivity index (χ1v) is 39.1. The first-order valence-electron chi connectivity index (χ1n) is 39.1. The van der Waals surface area contributed by atoms with E-state index in [4.69, 9.17) is 0 Å². The second-order valence-electron chi connectivity index (χ2n) is 30.6. The summed E-state index contributed by atoms with van der Waals surface area (Å²) in [6, 6.07) is 109. The summed E-state index contributed by atoms with van der Waals surface area (Å²) in [7, 11) is 0. The lowest BCUT2D eigenvalue weighted by atomic mass is 9.74. The Kier molecular flexibility index (Phi) is 15.7. The van der Waals surface area contributed by atoms with Gasteiger partial charge in [0.2, 0.25) is 0 Å². The highest BCUT2D eigenvalue weighted by molar-refractivity contribution is 6.25. The average Bonchev–Trinajstić information content (AvgIpc) is 1.55. The van der Waals surface area contributed by atoms with Crippen molar-refractivity contribution in [1.82, 2.24) is 17.9 Å². The Morgan fingerprint density at radius 3 is 1.59 bits per heavy atom. The van der Waals surface area contributed by atoms with Crippen LogP contribution in [-0.2, 0) is 5.41 Å². The van der Waals surface area contributed by atoms with Crippen molar-refractivity contribution >= 4 is 138 Å². The summed E-state index contributed by atoms with van der Waals surface area (Å²) in [5.74, 6) is 0.386. The van der Waals surface area contributed by atoms with Gasteiger partial charge in [-0.2, -0.15) is 0 Å². The maximum absolute atomic E-state index is 4.37. The van der Waals surface area contributed by atoms with Gasteiger partial charge in [0.15, 0.2) is 0 Å². The molecule has 0 aliphatic heterocycles. The molecule has 4 aliphatic carbocycles. The second kappa shape index (κ2) is 26.6. The lowest BCUT2D eigenvalue weighted by Crippen LogP contribution is -2.28. The fourth-order valence-corrected chi connectivity index (χ4v) is 19.1. The summed E-state index contributed by atoms with van der Waals surface area (Å²) in [4.78, 5) is 4.96. The number of anilines is 3. The fourth-order valence-electron chi connectivity index (χ4n) is 19.1. The summed E-state index contributed by atoms with van der Waals surface area (Å²) in [6.45, 7) is 9.24. The molecule has 6 heterocycles. The van der Waals surface area contributed by atoms with Gasteiger partial charge in [-0.05, 0) is 216 Å². The molecule has 18 aromatic rings. The highest BCUT2D eigenvalue weighted by Gasteiger charge is 2.44. The molecule has 1 atom stereocenters. The minimum absolute atomic E-state index is 0.0266. The quantitative estimate of drug-likeness (QED) is 0.114. The number of allylic oxidation sites excluding steroid dienone is 15. The highest BCUT2D eigenvalue weighted by atomic mass is 15.2. The van der Waals surface area contributed by atoms with Crippen LogP contribution in [0.1, 0.15) is 62.6 Å². The number of benzene rings is 12. The molecule has 0 spiro atoms. The van der Waals surface area contributed by atoms with Crippen molar-refractivity contribution in [3.63, 3.8) is 0 Å². The number of fused-ring (bicyclic) bond motifs is 19. The summed E-state index contributed by atoms with van der Waals surface area (Å²) >= 11 is 0. The topological polar surface area (TPSA) is 25.2 Å². The molecule has 22 rings (SSSR count). The number of rotatable bonds is 12. The second-order valence-corrected chi connectivity index (χ2v) is 30.6. The zero-order valence-corrected chi connectivity index (χ0v) is 62.2. The minimum Gasteiger partial charge on any atom is -0.317 e. The Morgan fingerprint density at radius 2 is 0.937 bits per heavy atom. The van der Waals surface area contributed by atoms with Crippen LogP contribution in [0.15, 0.2) is 399 Å². The third-order valence-electron chi connectivity index (χ3n) is 24.3. The van der Waals surface area contributed by atoms with Crippen molar-refractivity contribution in [1.29, 1.82) is 0 Å². The van der Waals surface area contributed by atoms with Crippen LogP contribution < -0.4 is 9.80 Å². The summed E-state index contributed by atoms with van der Waals surface area (Å²) in [5, 5.41) is 14.0. The van der Waals surface area contributed by atoms with Gasteiger partial charge in [-0.3, -0.25) is 0 Å². The van der Waals surface area contributed by atoms with Gasteiger partial charge in [0.05, 0.1) is 49.7 Å². The Labute approximate surface area is 645 Å². The van der Waals surface area contributed by atoms with Crippen molar-refractivity contribution in [2.45, 2.75) is 51.4 Å². The first kappa shape index (κ1) is 65.6. The molecule has 0 saturated heterocycles. The predicted molar refractivity (Wildman–Crippen MR) is 471 cm³/mol. The van der Waals surface area contributed by atoms with Crippen molar-refractivity contribution in [2.24, 2.45) is 5.92 Å². The van der Waals surface area contributed by atoms with Gasteiger partial charge in [-0.25, -0.2) is 0 Å². The summed E-state index contributed by atoms with van der Waals surface area (Å²) in [6.07, 6.45) is 32.0. The van der Waals surface area contributed by atoms with Crippen molar-refractivity contribution < 1.29 is 0 Å². The number of hydrogen-bond donors (Lipinski definition) is 0. The molecule has 0 amide bonds. The molecule has 0 radical (unpaired) electrons. The predicted octanol–water partition coefficient (Wildman–Crippen LogP) is 27.7. The molecule has 0 N–H and O–H groups in total. The zero-order valence-electron chi connectivity index (χ0n) is 62.2. The highest BCUT2D eigenvalue weighted by Crippen LogP contribution is 2.56. The molecule has 6 nitrogen and oxygen atoms in total. The van der Waals surface area contributed by atoms with E-state index in [1.807, 2.05) is 6.08 Å². The van der Waals surface area contributed by atoms with E-state index in [0.29, 0.717) is 5.92 Å². The zero-order chi connectivity index (χ0) is 73.8. The molecule has 12 aromatic carbocycles. The van der Waals surface area contributed by atoms with Crippen LogP contribution in [0.3, 0.4) is 0 Å². The number of nitrogens with zero attached hydrogens (tertiary/aromatic N) is 6. The molecule has 0 fully saturated rings. The molecule has 1 unspecified atom stereocenters. The van der Waals surface area contributed by atoms with Gasteiger partial charge in [-0.15, -0.1) is 0 Å². The van der Waals surface area contributed by atoms with Crippen LogP contribution in [0.25, 0.3) is 132 Å². The monoisotopic (exact) mass is 1420 g/mol. The number of para-hydroxylation sites is 8. The lowest BCUT2D eigenvalue weighted by molar-refractivity contribution is 0.406. The molecule has 6 heteroatoms. The smallest absolute Gasteiger partial charge is 0.0620 e. The molecule has 111 heavy (non-hydrogen) atoms. The molecular weight excluding hydrogens is 1350 g/mol. The van der Waals surface area contributed by atoms with Gasteiger partial charge in [0.25, 0.3) is 0 Å². The third kappa shape index (κ3) is 10.8. The lowest BCUT2D eigenvalue weighted by Gasteiger charge is -2.36. The van der Waals surface area contributed by atoms with Crippen molar-refractivity contribution in [3.8, 4) is 11.4 Å². The molecule has 6 aromatic heterocycles. The van der Waals surface area contributed by atoms with Gasteiger partial charge in [0.1, 0.15) is 0 Å². The number of aromatic nitrogens is 4. The Morgan fingerprint density at radius 1 is 0.423 bits per heavy atom.